The van der Waals surface area contributed by atoms with Crippen LogP contribution in [0.3, 0.4) is 0 Å². The molecule has 3 aromatic rings. The van der Waals surface area contributed by atoms with Crippen molar-refractivity contribution in [3.8, 4) is 0 Å². The molecular weight excluding hydrogens is 430 g/mol. The number of aliphatic hydroxyl groups is 5. The quantitative estimate of drug-likeness (QED) is 0.383. The highest BCUT2D eigenvalue weighted by molar-refractivity contribution is 7.99. The highest BCUT2D eigenvalue weighted by Gasteiger charge is 2.44. The minimum absolute atomic E-state index is 0.473. The van der Waals surface area contributed by atoms with E-state index in [0.29, 0.717) is 6.42 Å². The fraction of sp³-hybridized carbons (Fsp3) is 0.417. The molecule has 0 radical (unpaired) electrons. The molecule has 0 spiro atoms. The second-order valence-corrected chi connectivity index (χ2v) is 9.99. The zero-order valence-corrected chi connectivity index (χ0v) is 18.8. The van der Waals surface area contributed by atoms with Crippen molar-refractivity contribution in [2.75, 3.05) is 6.61 Å². The van der Waals surface area contributed by atoms with E-state index < -0.39 is 42.9 Å². The van der Waals surface area contributed by atoms with Gasteiger partial charge in [0.2, 0.25) is 0 Å². The van der Waals surface area contributed by atoms with Gasteiger partial charge in [-0.15, -0.1) is 0 Å². The van der Waals surface area contributed by atoms with Gasteiger partial charge in [-0.2, -0.15) is 0 Å². The minimum atomic E-state index is -1.44. The third-order valence-electron chi connectivity index (χ3n) is 5.63. The van der Waals surface area contributed by atoms with Crippen LogP contribution < -0.4 is 0 Å². The Balaban J connectivity index is 1.65. The van der Waals surface area contributed by atoms with Gasteiger partial charge in [-0.1, -0.05) is 42.1 Å². The number of rotatable bonds is 6. The number of hydrogen-bond acceptors (Lipinski definition) is 7. The van der Waals surface area contributed by atoms with Crippen LogP contribution in [0, 0.1) is 0 Å². The summed E-state index contributed by atoms with van der Waals surface area (Å²) in [7, 11) is 0. The Morgan fingerprint density at radius 1 is 0.969 bits per heavy atom. The number of hydrogen-bond donors (Lipinski definition) is 5. The van der Waals surface area contributed by atoms with Gasteiger partial charge >= 0.3 is 0 Å². The van der Waals surface area contributed by atoms with E-state index in [1.165, 1.54) is 0 Å². The van der Waals surface area contributed by atoms with Gasteiger partial charge < -0.3 is 34.8 Å². The highest BCUT2D eigenvalue weighted by Crippen LogP contribution is 2.39. The fourth-order valence-electron chi connectivity index (χ4n) is 4.08. The van der Waals surface area contributed by atoms with E-state index in [0.717, 1.165) is 26.3 Å². The molecule has 8 heteroatoms. The summed E-state index contributed by atoms with van der Waals surface area (Å²) in [6.45, 7) is 3.09. The zero-order chi connectivity index (χ0) is 23.0. The summed E-state index contributed by atoms with van der Waals surface area (Å²) in [5.41, 5.74) is 1.08. The van der Waals surface area contributed by atoms with Gasteiger partial charge in [-0.3, -0.25) is 0 Å². The van der Waals surface area contributed by atoms with E-state index in [1.807, 2.05) is 54.7 Å². The van der Waals surface area contributed by atoms with E-state index in [4.69, 9.17) is 4.74 Å². The summed E-state index contributed by atoms with van der Waals surface area (Å²) in [5.74, 6) is 0. The average Bonchev–Trinajstić information content (AvgIpc) is 3.11. The number of aliphatic hydroxyl groups excluding tert-OH is 4. The van der Waals surface area contributed by atoms with Crippen LogP contribution in [0.2, 0.25) is 0 Å². The molecule has 32 heavy (non-hydrogen) atoms. The number of fused-ring (bicyclic) bond motifs is 1. The molecule has 4 rings (SSSR count). The van der Waals surface area contributed by atoms with Gasteiger partial charge in [-0.25, -0.2) is 0 Å². The maximum Gasteiger partial charge on any atom is 0.163 e. The number of nitrogens with zero attached hydrogens (tertiary/aromatic N) is 1. The van der Waals surface area contributed by atoms with E-state index in [9.17, 15) is 25.5 Å². The molecule has 1 aliphatic heterocycles. The van der Waals surface area contributed by atoms with Crippen molar-refractivity contribution in [3.05, 3.63) is 60.3 Å². The van der Waals surface area contributed by atoms with Crippen LogP contribution in [0.1, 0.15) is 25.6 Å². The summed E-state index contributed by atoms with van der Waals surface area (Å²) < 4.78 is 7.51. The minimum Gasteiger partial charge on any atom is -0.394 e. The van der Waals surface area contributed by atoms with Crippen molar-refractivity contribution < 1.29 is 30.3 Å². The molecule has 7 nitrogen and oxygen atoms in total. The predicted molar refractivity (Wildman–Crippen MR) is 122 cm³/mol. The average molecular weight is 460 g/mol. The number of para-hydroxylation sites is 1. The maximum atomic E-state index is 10.6. The monoisotopic (exact) mass is 459 g/mol. The van der Waals surface area contributed by atoms with Crippen LogP contribution in [0.5, 0.6) is 0 Å². The Morgan fingerprint density at radius 3 is 2.31 bits per heavy atom. The number of ether oxygens (including phenoxy) is 1. The third kappa shape index (κ3) is 4.72. The Labute approximate surface area is 190 Å². The van der Waals surface area contributed by atoms with Crippen molar-refractivity contribution in [3.63, 3.8) is 0 Å². The Kier molecular flexibility index (Phi) is 6.65. The molecule has 0 aliphatic carbocycles. The lowest BCUT2D eigenvalue weighted by molar-refractivity contribution is -0.250. The molecule has 1 saturated heterocycles. The SMILES string of the molecule is CC(C)(O)Cc1ccc(Sc2cn([C@@H]3O[C@H](CO)[C@@H](O)[C@H](O)[C@H]3O)c3ccccc23)cc1. The molecule has 0 bridgehead atoms. The number of benzene rings is 2. The van der Waals surface area contributed by atoms with E-state index in [-0.39, 0.29) is 0 Å². The summed E-state index contributed by atoms with van der Waals surface area (Å²) in [6, 6.07) is 15.7. The Morgan fingerprint density at radius 2 is 1.66 bits per heavy atom. The van der Waals surface area contributed by atoms with Gasteiger partial charge in [0.05, 0.1) is 17.7 Å². The molecule has 172 valence electrons. The van der Waals surface area contributed by atoms with Gasteiger partial charge in [0, 0.05) is 27.8 Å². The molecule has 5 atom stereocenters. The van der Waals surface area contributed by atoms with E-state index >= 15 is 0 Å². The summed E-state index contributed by atoms with van der Waals surface area (Å²) >= 11 is 1.56. The Bertz CT molecular complexity index is 1060. The second-order valence-electron chi connectivity index (χ2n) is 8.87. The summed E-state index contributed by atoms with van der Waals surface area (Å²) in [5, 5.41) is 51.4. The largest absolute Gasteiger partial charge is 0.394 e. The van der Waals surface area contributed by atoms with Crippen molar-refractivity contribution >= 4 is 22.7 Å². The molecular formula is C24H29NO6S. The molecule has 2 heterocycles. The standard InChI is InChI=1S/C24H29NO6S/c1-24(2,30)11-14-7-9-15(10-8-14)32-19-12-25(17-6-4-3-5-16(17)19)23-22(29)21(28)20(27)18(13-26)31-23/h3-10,12,18,20-23,26-30H,11,13H2,1-2H3/t18-,20-,21+,22-,23-/m1/s1. The van der Waals surface area contributed by atoms with Gasteiger partial charge in [0.15, 0.2) is 6.23 Å². The van der Waals surface area contributed by atoms with Crippen LogP contribution in [-0.2, 0) is 11.2 Å². The van der Waals surface area contributed by atoms with Crippen LogP contribution in [0.15, 0.2) is 64.5 Å². The van der Waals surface area contributed by atoms with Crippen molar-refractivity contribution in [1.82, 2.24) is 4.57 Å². The molecule has 1 aromatic heterocycles. The third-order valence-corrected chi connectivity index (χ3v) is 6.69. The molecule has 0 unspecified atom stereocenters. The molecule has 1 fully saturated rings. The van der Waals surface area contributed by atoms with E-state index in [2.05, 4.69) is 0 Å². The smallest absolute Gasteiger partial charge is 0.163 e. The lowest BCUT2D eigenvalue weighted by Gasteiger charge is -2.40. The van der Waals surface area contributed by atoms with Gasteiger partial charge in [0.1, 0.15) is 24.4 Å². The fourth-order valence-corrected chi connectivity index (χ4v) is 5.05. The topological polar surface area (TPSA) is 115 Å². The van der Waals surface area contributed by atoms with Gasteiger partial charge in [0.25, 0.3) is 0 Å². The molecule has 1 aliphatic rings. The maximum absolute atomic E-state index is 10.6. The van der Waals surface area contributed by atoms with Gasteiger partial charge in [-0.05, 0) is 37.6 Å². The first-order valence-corrected chi connectivity index (χ1v) is 11.4. The lowest BCUT2D eigenvalue weighted by atomic mass is 9.98. The molecule has 2 aromatic carbocycles. The normalized spacial score (nSPS) is 26.5. The first-order valence-electron chi connectivity index (χ1n) is 10.6. The van der Waals surface area contributed by atoms with Crippen molar-refractivity contribution in [2.45, 2.75) is 66.3 Å². The van der Waals surface area contributed by atoms with Crippen LogP contribution in [0.25, 0.3) is 10.9 Å². The molecule has 0 saturated carbocycles. The second kappa shape index (κ2) is 9.15. The highest BCUT2D eigenvalue weighted by atomic mass is 32.2. The Hall–Kier alpha value is -1.91. The van der Waals surface area contributed by atoms with Crippen molar-refractivity contribution in [2.24, 2.45) is 0 Å². The first-order chi connectivity index (χ1) is 15.2. The summed E-state index contributed by atoms with van der Waals surface area (Å²) in [4.78, 5) is 1.95. The van der Waals surface area contributed by atoms with Crippen LogP contribution in [-0.4, -0.2) is 66.7 Å². The predicted octanol–water partition coefficient (Wildman–Crippen LogP) is 2.08. The van der Waals surface area contributed by atoms with Crippen molar-refractivity contribution in [1.29, 1.82) is 0 Å². The zero-order valence-electron chi connectivity index (χ0n) is 18.0. The molecule has 0 amide bonds. The lowest BCUT2D eigenvalue weighted by Crippen LogP contribution is -2.56. The number of aromatic nitrogens is 1. The van der Waals surface area contributed by atoms with E-state index in [1.54, 1.807) is 30.2 Å². The molecule has 5 N–H and O–H groups in total. The van der Waals surface area contributed by atoms with Crippen LogP contribution in [0.4, 0.5) is 0 Å². The summed E-state index contributed by atoms with van der Waals surface area (Å²) in [6.07, 6.45) is -3.71. The van der Waals surface area contributed by atoms with Crippen LogP contribution >= 0.6 is 11.8 Å². The first kappa shape index (κ1) is 23.3.